The molecule has 5 nitrogen and oxygen atoms in total. The molecular formula is C22H24F2N4O. The van der Waals surface area contributed by atoms with Gasteiger partial charge in [0.2, 0.25) is 0 Å². The van der Waals surface area contributed by atoms with E-state index in [0.717, 1.165) is 23.5 Å². The molecule has 1 amide bonds. The first-order chi connectivity index (χ1) is 13.8. The number of carbonyl (C=O) groups is 1. The Hall–Kier alpha value is -3.22. The lowest BCUT2D eigenvalue weighted by Crippen LogP contribution is -2.35. The predicted octanol–water partition coefficient (Wildman–Crippen LogP) is 4.63. The number of hydrogen-bond acceptors (Lipinski definition) is 3. The SMILES string of the molecule is CC(C)CN(C(=O)c1ccc(F)cc1F)c1cccc(N(C)Cc2c[nH]cn2)c1. The van der Waals surface area contributed by atoms with E-state index in [1.807, 2.05) is 56.3 Å². The van der Waals surface area contributed by atoms with Crippen molar-refractivity contribution in [2.45, 2.75) is 20.4 Å². The van der Waals surface area contributed by atoms with E-state index < -0.39 is 17.5 Å². The molecule has 29 heavy (non-hydrogen) atoms. The van der Waals surface area contributed by atoms with Crippen molar-refractivity contribution in [1.29, 1.82) is 0 Å². The van der Waals surface area contributed by atoms with Crippen LogP contribution in [0.4, 0.5) is 20.2 Å². The number of anilines is 2. The standard InChI is InChI=1S/C22H24F2N4O/c1-15(2)12-28(22(29)20-8-7-16(23)9-21(20)24)19-6-4-5-18(10-19)27(3)13-17-11-25-14-26-17/h4-11,14-15H,12-13H2,1-3H3,(H,25,26). The van der Waals surface area contributed by atoms with Crippen molar-refractivity contribution in [2.75, 3.05) is 23.4 Å². The number of halogens is 2. The van der Waals surface area contributed by atoms with E-state index in [1.165, 1.54) is 11.0 Å². The average Bonchev–Trinajstić information content (AvgIpc) is 3.18. The maximum Gasteiger partial charge on any atom is 0.261 e. The molecule has 2 aromatic carbocycles. The molecule has 0 saturated heterocycles. The van der Waals surface area contributed by atoms with Crippen LogP contribution in [-0.2, 0) is 6.54 Å². The summed E-state index contributed by atoms with van der Waals surface area (Å²) in [6, 6.07) is 10.5. The minimum atomic E-state index is -0.865. The van der Waals surface area contributed by atoms with Gasteiger partial charge in [0, 0.05) is 37.2 Å². The molecule has 0 aliphatic heterocycles. The zero-order valence-electron chi connectivity index (χ0n) is 16.7. The lowest BCUT2D eigenvalue weighted by molar-refractivity contribution is 0.0980. The fourth-order valence-electron chi connectivity index (χ4n) is 3.09. The summed E-state index contributed by atoms with van der Waals surface area (Å²) >= 11 is 0. The third-order valence-electron chi connectivity index (χ3n) is 4.49. The van der Waals surface area contributed by atoms with E-state index in [0.29, 0.717) is 18.8 Å². The molecule has 0 aliphatic carbocycles. The molecule has 0 spiro atoms. The predicted molar refractivity (Wildman–Crippen MR) is 110 cm³/mol. The van der Waals surface area contributed by atoms with Crippen molar-refractivity contribution in [3.8, 4) is 0 Å². The van der Waals surface area contributed by atoms with Crippen LogP contribution in [0.1, 0.15) is 29.9 Å². The van der Waals surface area contributed by atoms with Gasteiger partial charge in [-0.2, -0.15) is 0 Å². The molecule has 1 aromatic heterocycles. The summed E-state index contributed by atoms with van der Waals surface area (Å²) in [5, 5.41) is 0. The van der Waals surface area contributed by atoms with Crippen LogP contribution in [0.2, 0.25) is 0 Å². The van der Waals surface area contributed by atoms with Gasteiger partial charge in [-0.15, -0.1) is 0 Å². The van der Waals surface area contributed by atoms with E-state index in [-0.39, 0.29) is 11.5 Å². The third kappa shape index (κ3) is 4.99. The number of imidazole rings is 1. The van der Waals surface area contributed by atoms with Gasteiger partial charge in [0.1, 0.15) is 11.6 Å². The molecule has 3 aromatic rings. The van der Waals surface area contributed by atoms with Crippen molar-refractivity contribution in [1.82, 2.24) is 9.97 Å². The fraction of sp³-hybridized carbons (Fsp3) is 0.273. The Morgan fingerprint density at radius 2 is 1.90 bits per heavy atom. The van der Waals surface area contributed by atoms with Crippen molar-refractivity contribution in [2.24, 2.45) is 5.92 Å². The molecule has 3 rings (SSSR count). The minimum Gasteiger partial charge on any atom is -0.369 e. The molecule has 0 saturated carbocycles. The zero-order valence-corrected chi connectivity index (χ0v) is 16.7. The number of amides is 1. The summed E-state index contributed by atoms with van der Waals surface area (Å²) < 4.78 is 27.5. The number of nitrogens with zero attached hydrogens (tertiary/aromatic N) is 3. The largest absolute Gasteiger partial charge is 0.369 e. The molecule has 152 valence electrons. The van der Waals surface area contributed by atoms with Crippen molar-refractivity contribution in [3.05, 3.63) is 77.9 Å². The normalized spacial score (nSPS) is 11.0. The Kier molecular flexibility index (Phi) is 6.26. The highest BCUT2D eigenvalue weighted by molar-refractivity contribution is 6.06. The van der Waals surface area contributed by atoms with Gasteiger partial charge in [0.25, 0.3) is 5.91 Å². The molecule has 1 N–H and O–H groups in total. The van der Waals surface area contributed by atoms with Gasteiger partial charge < -0.3 is 14.8 Å². The van der Waals surface area contributed by atoms with Crippen LogP contribution < -0.4 is 9.80 Å². The molecule has 0 fully saturated rings. The summed E-state index contributed by atoms with van der Waals surface area (Å²) in [7, 11) is 1.93. The van der Waals surface area contributed by atoms with Crippen LogP contribution in [0.3, 0.4) is 0 Å². The van der Waals surface area contributed by atoms with Crippen LogP contribution in [0.25, 0.3) is 0 Å². The Labute approximate surface area is 169 Å². The van der Waals surface area contributed by atoms with Gasteiger partial charge in [-0.3, -0.25) is 4.79 Å². The minimum absolute atomic E-state index is 0.151. The van der Waals surface area contributed by atoms with E-state index >= 15 is 0 Å². The summed E-state index contributed by atoms with van der Waals surface area (Å²) in [5.74, 6) is -1.91. The lowest BCUT2D eigenvalue weighted by atomic mass is 10.1. The van der Waals surface area contributed by atoms with Crippen molar-refractivity contribution >= 4 is 17.3 Å². The number of H-pyrrole nitrogens is 1. The summed E-state index contributed by atoms with van der Waals surface area (Å²) in [6.07, 6.45) is 3.45. The smallest absolute Gasteiger partial charge is 0.261 e. The monoisotopic (exact) mass is 398 g/mol. The van der Waals surface area contributed by atoms with Gasteiger partial charge in [0.05, 0.1) is 24.1 Å². The number of carbonyl (C=O) groups excluding carboxylic acids is 1. The highest BCUT2D eigenvalue weighted by atomic mass is 19.1. The Bertz CT molecular complexity index is 973. The van der Waals surface area contributed by atoms with E-state index in [1.54, 1.807) is 6.33 Å². The first-order valence-electron chi connectivity index (χ1n) is 9.41. The second kappa shape index (κ2) is 8.86. The Balaban J connectivity index is 1.91. The molecule has 0 bridgehead atoms. The summed E-state index contributed by atoms with van der Waals surface area (Å²) in [4.78, 5) is 23.8. The van der Waals surface area contributed by atoms with Crippen LogP contribution in [-0.4, -0.2) is 29.5 Å². The molecule has 7 heteroatoms. The van der Waals surface area contributed by atoms with Gasteiger partial charge >= 0.3 is 0 Å². The van der Waals surface area contributed by atoms with Gasteiger partial charge in [-0.1, -0.05) is 19.9 Å². The molecule has 0 unspecified atom stereocenters. The van der Waals surface area contributed by atoms with Crippen LogP contribution >= 0.6 is 0 Å². The summed E-state index contributed by atoms with van der Waals surface area (Å²) in [5.41, 5.74) is 2.29. The number of aromatic amines is 1. The number of nitrogens with one attached hydrogen (secondary N) is 1. The fourth-order valence-corrected chi connectivity index (χ4v) is 3.09. The van der Waals surface area contributed by atoms with E-state index in [2.05, 4.69) is 9.97 Å². The van der Waals surface area contributed by atoms with Crippen LogP contribution in [0, 0.1) is 17.6 Å². The highest BCUT2D eigenvalue weighted by Crippen LogP contribution is 2.26. The first kappa shape index (κ1) is 20.5. The second-order valence-corrected chi connectivity index (χ2v) is 7.37. The molecule has 1 heterocycles. The zero-order chi connectivity index (χ0) is 21.0. The topological polar surface area (TPSA) is 52.2 Å². The van der Waals surface area contributed by atoms with E-state index in [9.17, 15) is 13.6 Å². The number of hydrogen-bond donors (Lipinski definition) is 1. The van der Waals surface area contributed by atoms with Gasteiger partial charge in [-0.05, 0) is 36.2 Å². The average molecular weight is 398 g/mol. The quantitative estimate of drug-likeness (QED) is 0.631. The third-order valence-corrected chi connectivity index (χ3v) is 4.49. The number of aromatic nitrogens is 2. The maximum absolute atomic E-state index is 14.2. The lowest BCUT2D eigenvalue weighted by Gasteiger charge is -2.27. The second-order valence-electron chi connectivity index (χ2n) is 7.37. The molecule has 0 atom stereocenters. The molecule has 0 aliphatic rings. The number of rotatable bonds is 7. The van der Waals surface area contributed by atoms with Crippen molar-refractivity contribution < 1.29 is 13.6 Å². The number of benzene rings is 2. The summed E-state index contributed by atoms with van der Waals surface area (Å²) in [6.45, 7) is 4.96. The Morgan fingerprint density at radius 3 is 2.55 bits per heavy atom. The van der Waals surface area contributed by atoms with Crippen LogP contribution in [0.15, 0.2) is 55.0 Å². The Morgan fingerprint density at radius 1 is 1.14 bits per heavy atom. The van der Waals surface area contributed by atoms with Gasteiger partial charge in [0.15, 0.2) is 0 Å². The first-order valence-corrected chi connectivity index (χ1v) is 9.41. The van der Waals surface area contributed by atoms with E-state index in [4.69, 9.17) is 0 Å². The molecule has 0 radical (unpaired) electrons. The molecular weight excluding hydrogens is 374 g/mol. The maximum atomic E-state index is 14.2. The van der Waals surface area contributed by atoms with Crippen molar-refractivity contribution in [3.63, 3.8) is 0 Å². The van der Waals surface area contributed by atoms with Gasteiger partial charge in [-0.25, -0.2) is 13.8 Å². The highest BCUT2D eigenvalue weighted by Gasteiger charge is 2.22. The van der Waals surface area contributed by atoms with Crippen LogP contribution in [0.5, 0.6) is 0 Å².